The summed E-state index contributed by atoms with van der Waals surface area (Å²) in [4.78, 5) is 26.0. The van der Waals surface area contributed by atoms with Crippen molar-refractivity contribution < 1.29 is 9.59 Å². The molecule has 0 aromatic carbocycles. The first-order chi connectivity index (χ1) is 8.27. The van der Waals surface area contributed by atoms with Crippen LogP contribution in [0.2, 0.25) is 0 Å². The summed E-state index contributed by atoms with van der Waals surface area (Å²) in [7, 11) is 0. The first-order valence-corrected chi connectivity index (χ1v) is 6.45. The van der Waals surface area contributed by atoms with Gasteiger partial charge in [-0.1, -0.05) is 6.92 Å². The highest BCUT2D eigenvalue weighted by Crippen LogP contribution is 2.05. The highest BCUT2D eigenvalue weighted by molar-refractivity contribution is 5.76. The minimum absolute atomic E-state index is 0.287. The molecule has 0 aromatic rings. The molecule has 0 spiro atoms. The van der Waals surface area contributed by atoms with E-state index < -0.39 is 0 Å². The van der Waals surface area contributed by atoms with Crippen LogP contribution in [0.1, 0.15) is 26.2 Å². The molecule has 0 aliphatic carbocycles. The van der Waals surface area contributed by atoms with E-state index in [1.165, 1.54) is 0 Å². The Kier molecular flexibility index (Phi) is 6.62. The summed E-state index contributed by atoms with van der Waals surface area (Å²) in [5, 5.41) is 2.66. The largest absolute Gasteiger partial charge is 0.359 e. The van der Waals surface area contributed by atoms with E-state index in [2.05, 4.69) is 10.2 Å². The molecule has 0 aromatic heterocycles. The van der Waals surface area contributed by atoms with Gasteiger partial charge in [-0.3, -0.25) is 14.5 Å². The Morgan fingerprint density at radius 1 is 1.29 bits per heavy atom. The molecule has 5 heteroatoms. The van der Waals surface area contributed by atoms with Gasteiger partial charge in [0.1, 0.15) is 0 Å². The lowest BCUT2D eigenvalue weighted by Gasteiger charge is -2.34. The van der Waals surface area contributed by atoms with E-state index >= 15 is 0 Å². The van der Waals surface area contributed by atoms with E-state index in [1.807, 2.05) is 11.8 Å². The second kappa shape index (κ2) is 8.06. The SMILES string of the molecule is CCCC(=O)N1CCN(CCCNC=O)CC1. The molecule has 0 bridgehead atoms. The van der Waals surface area contributed by atoms with Crippen LogP contribution in [0, 0.1) is 0 Å². The second-order valence-electron chi connectivity index (χ2n) is 4.40. The fourth-order valence-electron chi connectivity index (χ4n) is 2.06. The van der Waals surface area contributed by atoms with E-state index in [1.54, 1.807) is 0 Å². The monoisotopic (exact) mass is 241 g/mol. The average Bonchev–Trinajstić information content (AvgIpc) is 2.36. The molecule has 1 saturated heterocycles. The predicted octanol–water partition coefficient (Wildman–Crippen LogP) is 0.0668. The number of carbonyl (C=O) groups is 2. The molecule has 0 saturated carbocycles. The number of nitrogens with one attached hydrogen (secondary N) is 1. The lowest BCUT2D eigenvalue weighted by Crippen LogP contribution is -2.49. The number of hydrogen-bond acceptors (Lipinski definition) is 3. The Morgan fingerprint density at radius 2 is 2.00 bits per heavy atom. The van der Waals surface area contributed by atoms with Crippen molar-refractivity contribution in [3.63, 3.8) is 0 Å². The molecule has 1 fully saturated rings. The predicted molar refractivity (Wildman–Crippen MR) is 66.6 cm³/mol. The summed E-state index contributed by atoms with van der Waals surface area (Å²) in [5.74, 6) is 0.287. The van der Waals surface area contributed by atoms with Crippen LogP contribution in [-0.2, 0) is 9.59 Å². The van der Waals surface area contributed by atoms with Gasteiger partial charge in [0.05, 0.1) is 0 Å². The van der Waals surface area contributed by atoms with Gasteiger partial charge in [-0.15, -0.1) is 0 Å². The fraction of sp³-hybridized carbons (Fsp3) is 0.833. The Balaban J connectivity index is 2.12. The third kappa shape index (κ3) is 5.17. The molecule has 0 unspecified atom stereocenters. The van der Waals surface area contributed by atoms with E-state index in [-0.39, 0.29) is 5.91 Å². The number of amides is 2. The van der Waals surface area contributed by atoms with Crippen molar-refractivity contribution >= 4 is 12.3 Å². The third-order valence-electron chi connectivity index (χ3n) is 3.07. The molecule has 5 nitrogen and oxygen atoms in total. The summed E-state index contributed by atoms with van der Waals surface area (Å²) in [6, 6.07) is 0. The summed E-state index contributed by atoms with van der Waals surface area (Å²) >= 11 is 0. The number of nitrogens with zero attached hydrogens (tertiary/aromatic N) is 2. The molecule has 98 valence electrons. The average molecular weight is 241 g/mol. The standard InChI is InChI=1S/C12H23N3O2/c1-2-4-12(17)15-9-7-14(8-10-15)6-3-5-13-11-16/h11H,2-10H2,1H3,(H,13,16). The Morgan fingerprint density at radius 3 is 2.59 bits per heavy atom. The van der Waals surface area contributed by atoms with Gasteiger partial charge >= 0.3 is 0 Å². The van der Waals surface area contributed by atoms with Crippen molar-refractivity contribution in [2.45, 2.75) is 26.2 Å². The van der Waals surface area contributed by atoms with E-state index in [9.17, 15) is 9.59 Å². The molecule has 17 heavy (non-hydrogen) atoms. The molecule has 1 N–H and O–H groups in total. The fourth-order valence-corrected chi connectivity index (χ4v) is 2.06. The van der Waals surface area contributed by atoms with Crippen LogP contribution in [0.25, 0.3) is 0 Å². The zero-order valence-corrected chi connectivity index (χ0v) is 10.7. The van der Waals surface area contributed by atoms with Crippen molar-refractivity contribution in [1.82, 2.24) is 15.1 Å². The topological polar surface area (TPSA) is 52.7 Å². The lowest BCUT2D eigenvalue weighted by atomic mass is 10.2. The van der Waals surface area contributed by atoms with Gasteiger partial charge in [-0.25, -0.2) is 0 Å². The minimum atomic E-state index is 0.287. The second-order valence-corrected chi connectivity index (χ2v) is 4.40. The molecular weight excluding hydrogens is 218 g/mol. The van der Waals surface area contributed by atoms with Crippen LogP contribution in [0.15, 0.2) is 0 Å². The zero-order valence-electron chi connectivity index (χ0n) is 10.7. The summed E-state index contributed by atoms with van der Waals surface area (Å²) in [6.45, 7) is 7.37. The van der Waals surface area contributed by atoms with Gasteiger partial charge in [0.2, 0.25) is 12.3 Å². The van der Waals surface area contributed by atoms with Crippen molar-refractivity contribution in [2.24, 2.45) is 0 Å². The molecule has 1 aliphatic rings. The highest BCUT2D eigenvalue weighted by Gasteiger charge is 2.19. The van der Waals surface area contributed by atoms with Gasteiger partial charge in [-0.05, 0) is 19.4 Å². The third-order valence-corrected chi connectivity index (χ3v) is 3.07. The lowest BCUT2D eigenvalue weighted by molar-refractivity contribution is -0.133. The van der Waals surface area contributed by atoms with Gasteiger partial charge in [0, 0.05) is 39.1 Å². The zero-order chi connectivity index (χ0) is 12.5. The minimum Gasteiger partial charge on any atom is -0.359 e. The van der Waals surface area contributed by atoms with Gasteiger partial charge in [0.25, 0.3) is 0 Å². The van der Waals surface area contributed by atoms with Crippen LogP contribution in [0.4, 0.5) is 0 Å². The van der Waals surface area contributed by atoms with Crippen molar-refractivity contribution in [3.05, 3.63) is 0 Å². The maximum Gasteiger partial charge on any atom is 0.222 e. The first kappa shape index (κ1) is 14.0. The first-order valence-electron chi connectivity index (χ1n) is 6.45. The molecular formula is C12H23N3O2. The smallest absolute Gasteiger partial charge is 0.222 e. The van der Waals surface area contributed by atoms with Crippen LogP contribution >= 0.6 is 0 Å². The van der Waals surface area contributed by atoms with Crippen LogP contribution in [0.5, 0.6) is 0 Å². The van der Waals surface area contributed by atoms with Crippen LogP contribution in [0.3, 0.4) is 0 Å². The number of hydrogen-bond donors (Lipinski definition) is 1. The van der Waals surface area contributed by atoms with Gasteiger partial charge < -0.3 is 10.2 Å². The molecule has 1 heterocycles. The molecule has 0 radical (unpaired) electrons. The number of piperazine rings is 1. The molecule has 0 atom stereocenters. The Bertz CT molecular complexity index is 238. The van der Waals surface area contributed by atoms with Crippen molar-refractivity contribution in [1.29, 1.82) is 0 Å². The summed E-state index contributed by atoms with van der Waals surface area (Å²) < 4.78 is 0. The normalized spacial score (nSPS) is 16.9. The van der Waals surface area contributed by atoms with Gasteiger partial charge in [-0.2, -0.15) is 0 Å². The van der Waals surface area contributed by atoms with E-state index in [0.717, 1.165) is 58.5 Å². The summed E-state index contributed by atoms with van der Waals surface area (Å²) in [5.41, 5.74) is 0. The maximum atomic E-state index is 11.7. The van der Waals surface area contributed by atoms with Gasteiger partial charge in [0.15, 0.2) is 0 Å². The van der Waals surface area contributed by atoms with Crippen molar-refractivity contribution in [2.75, 3.05) is 39.3 Å². The van der Waals surface area contributed by atoms with E-state index in [0.29, 0.717) is 6.42 Å². The van der Waals surface area contributed by atoms with Crippen LogP contribution in [-0.4, -0.2) is 61.4 Å². The van der Waals surface area contributed by atoms with E-state index in [4.69, 9.17) is 0 Å². The molecule has 1 rings (SSSR count). The molecule has 2 amide bonds. The molecule has 1 aliphatic heterocycles. The Labute approximate surface area is 103 Å². The number of carbonyl (C=O) groups excluding carboxylic acids is 2. The Hall–Kier alpha value is -1.10. The quantitative estimate of drug-likeness (QED) is 0.507. The maximum absolute atomic E-state index is 11.7. The summed E-state index contributed by atoms with van der Waals surface area (Å²) in [6.07, 6.45) is 3.31. The number of rotatable bonds is 7. The highest BCUT2D eigenvalue weighted by atomic mass is 16.2. The van der Waals surface area contributed by atoms with Crippen molar-refractivity contribution in [3.8, 4) is 0 Å². The van der Waals surface area contributed by atoms with Crippen LogP contribution < -0.4 is 5.32 Å².